The largest absolute Gasteiger partial charge is 0.497 e. The highest BCUT2D eigenvalue weighted by atomic mass is 32.2. The van der Waals surface area contributed by atoms with E-state index in [-0.39, 0.29) is 17.3 Å². The summed E-state index contributed by atoms with van der Waals surface area (Å²) in [5.74, 6) is 0.943. The van der Waals surface area contributed by atoms with Crippen LogP contribution in [-0.4, -0.2) is 27.9 Å². The predicted molar refractivity (Wildman–Crippen MR) is 81.4 cm³/mol. The molecule has 6 heteroatoms. The third-order valence-electron chi connectivity index (χ3n) is 2.88. The average molecular weight is 307 g/mol. The van der Waals surface area contributed by atoms with Crippen molar-refractivity contribution in [1.82, 2.24) is 0 Å². The van der Waals surface area contributed by atoms with E-state index in [0.29, 0.717) is 17.2 Å². The maximum atomic E-state index is 12.2. The molecule has 2 N–H and O–H groups in total. The van der Waals surface area contributed by atoms with Crippen molar-refractivity contribution in [3.8, 4) is 11.5 Å². The number of nitrogens with two attached hydrogens (primary N) is 1. The first-order valence-corrected chi connectivity index (χ1v) is 8.01. The van der Waals surface area contributed by atoms with Crippen molar-refractivity contribution < 1.29 is 17.9 Å². The minimum Gasteiger partial charge on any atom is -0.497 e. The van der Waals surface area contributed by atoms with E-state index in [9.17, 15) is 8.42 Å². The fourth-order valence-electron chi connectivity index (χ4n) is 1.79. The van der Waals surface area contributed by atoms with E-state index in [1.54, 1.807) is 42.5 Å². The van der Waals surface area contributed by atoms with Gasteiger partial charge < -0.3 is 15.2 Å². The SMILES string of the molecule is COc1cccc(S(=O)(=O)CCOc2cccc(N)c2)c1. The summed E-state index contributed by atoms with van der Waals surface area (Å²) >= 11 is 0. The topological polar surface area (TPSA) is 78.6 Å². The van der Waals surface area contributed by atoms with Crippen LogP contribution < -0.4 is 15.2 Å². The van der Waals surface area contributed by atoms with Crippen LogP contribution in [-0.2, 0) is 9.84 Å². The normalized spacial score (nSPS) is 11.1. The summed E-state index contributed by atoms with van der Waals surface area (Å²) in [6.07, 6.45) is 0. The van der Waals surface area contributed by atoms with Crippen LogP contribution >= 0.6 is 0 Å². The predicted octanol–water partition coefficient (Wildman–Crippen LogP) is 2.13. The Morgan fingerprint density at radius 3 is 2.48 bits per heavy atom. The molecule has 5 nitrogen and oxygen atoms in total. The molecule has 0 aliphatic rings. The molecule has 0 unspecified atom stereocenters. The second kappa shape index (κ2) is 6.49. The highest BCUT2D eigenvalue weighted by Gasteiger charge is 2.15. The first kappa shape index (κ1) is 15.2. The first-order valence-electron chi connectivity index (χ1n) is 6.36. The molecule has 0 bridgehead atoms. The minimum atomic E-state index is -3.41. The van der Waals surface area contributed by atoms with E-state index in [1.807, 2.05) is 0 Å². The fraction of sp³-hybridized carbons (Fsp3) is 0.200. The smallest absolute Gasteiger partial charge is 0.181 e. The van der Waals surface area contributed by atoms with Gasteiger partial charge in [-0.25, -0.2) is 8.42 Å². The van der Waals surface area contributed by atoms with Gasteiger partial charge in [-0.2, -0.15) is 0 Å². The Kier molecular flexibility index (Phi) is 4.70. The number of hydrogen-bond donors (Lipinski definition) is 1. The molecule has 0 atom stereocenters. The molecule has 21 heavy (non-hydrogen) atoms. The van der Waals surface area contributed by atoms with Crippen molar-refractivity contribution >= 4 is 15.5 Å². The molecule has 0 spiro atoms. The van der Waals surface area contributed by atoms with E-state index >= 15 is 0 Å². The highest BCUT2D eigenvalue weighted by molar-refractivity contribution is 7.91. The maximum Gasteiger partial charge on any atom is 0.181 e. The molecule has 112 valence electrons. The Balaban J connectivity index is 2.01. The first-order chi connectivity index (χ1) is 10.0. The Morgan fingerprint density at radius 1 is 1.05 bits per heavy atom. The van der Waals surface area contributed by atoms with Crippen molar-refractivity contribution in [2.75, 3.05) is 25.2 Å². The fourth-order valence-corrected chi connectivity index (χ4v) is 2.91. The summed E-state index contributed by atoms with van der Waals surface area (Å²) < 4.78 is 34.8. The number of rotatable bonds is 6. The molecule has 0 aliphatic heterocycles. The average Bonchev–Trinajstić information content (AvgIpc) is 2.47. The summed E-state index contributed by atoms with van der Waals surface area (Å²) in [6.45, 7) is 0.0585. The van der Waals surface area contributed by atoms with Gasteiger partial charge in [0.05, 0.1) is 17.8 Å². The van der Waals surface area contributed by atoms with E-state index in [0.717, 1.165) is 0 Å². The lowest BCUT2D eigenvalue weighted by Crippen LogP contribution is -2.14. The van der Waals surface area contributed by atoms with Crippen LogP contribution in [0, 0.1) is 0 Å². The van der Waals surface area contributed by atoms with Gasteiger partial charge in [0, 0.05) is 11.8 Å². The van der Waals surface area contributed by atoms with E-state index in [2.05, 4.69) is 0 Å². The van der Waals surface area contributed by atoms with Gasteiger partial charge in [-0.1, -0.05) is 12.1 Å². The Morgan fingerprint density at radius 2 is 1.76 bits per heavy atom. The molecule has 0 heterocycles. The van der Waals surface area contributed by atoms with Gasteiger partial charge >= 0.3 is 0 Å². The molecule has 0 aliphatic carbocycles. The number of anilines is 1. The number of methoxy groups -OCH3 is 1. The number of benzene rings is 2. The molecule has 0 saturated carbocycles. The third kappa shape index (κ3) is 4.13. The van der Waals surface area contributed by atoms with Crippen LogP contribution in [0.1, 0.15) is 0 Å². The van der Waals surface area contributed by atoms with Gasteiger partial charge in [-0.3, -0.25) is 0 Å². The highest BCUT2D eigenvalue weighted by Crippen LogP contribution is 2.19. The Hall–Kier alpha value is -2.21. The molecule has 0 fully saturated rings. The molecule has 0 saturated heterocycles. The summed E-state index contributed by atoms with van der Waals surface area (Å²) in [5, 5.41) is 0. The summed E-state index contributed by atoms with van der Waals surface area (Å²) in [7, 11) is -1.91. The zero-order valence-corrected chi connectivity index (χ0v) is 12.5. The van der Waals surface area contributed by atoms with Gasteiger partial charge in [-0.15, -0.1) is 0 Å². The van der Waals surface area contributed by atoms with Crippen LogP contribution in [0.15, 0.2) is 53.4 Å². The quantitative estimate of drug-likeness (QED) is 0.827. The van der Waals surface area contributed by atoms with Gasteiger partial charge in [0.15, 0.2) is 9.84 Å². The third-order valence-corrected chi connectivity index (χ3v) is 4.56. The second-order valence-corrected chi connectivity index (χ2v) is 6.53. The van der Waals surface area contributed by atoms with Gasteiger partial charge in [0.25, 0.3) is 0 Å². The molecule has 0 aromatic heterocycles. The molecular weight excluding hydrogens is 290 g/mol. The molecular formula is C15H17NO4S. The van der Waals surface area contributed by atoms with Gasteiger partial charge in [0.2, 0.25) is 0 Å². The molecule has 0 radical (unpaired) electrons. The number of ether oxygens (including phenoxy) is 2. The lowest BCUT2D eigenvalue weighted by atomic mass is 10.3. The minimum absolute atomic E-state index is 0.0585. The van der Waals surface area contributed by atoms with E-state index in [1.165, 1.54) is 13.2 Å². The van der Waals surface area contributed by atoms with Gasteiger partial charge in [0.1, 0.15) is 18.1 Å². The molecule has 2 aromatic carbocycles. The molecule has 2 rings (SSSR count). The van der Waals surface area contributed by atoms with E-state index in [4.69, 9.17) is 15.2 Å². The zero-order valence-electron chi connectivity index (χ0n) is 11.7. The van der Waals surface area contributed by atoms with E-state index < -0.39 is 9.84 Å². The lowest BCUT2D eigenvalue weighted by Gasteiger charge is -2.08. The summed E-state index contributed by atoms with van der Waals surface area (Å²) in [6, 6.07) is 13.2. The summed E-state index contributed by atoms with van der Waals surface area (Å²) in [5.41, 5.74) is 6.20. The number of nitrogen functional groups attached to an aromatic ring is 1. The van der Waals surface area contributed by atoms with Crippen molar-refractivity contribution in [1.29, 1.82) is 0 Å². The van der Waals surface area contributed by atoms with Crippen LogP contribution in [0.3, 0.4) is 0 Å². The number of hydrogen-bond acceptors (Lipinski definition) is 5. The standard InChI is InChI=1S/C15H17NO4S/c1-19-13-5-3-7-15(11-13)21(17,18)9-8-20-14-6-2-4-12(16)10-14/h2-7,10-11H,8-9,16H2,1H3. The lowest BCUT2D eigenvalue weighted by molar-refractivity contribution is 0.341. The van der Waals surface area contributed by atoms with Crippen LogP contribution in [0.2, 0.25) is 0 Å². The van der Waals surface area contributed by atoms with Crippen LogP contribution in [0.5, 0.6) is 11.5 Å². The van der Waals surface area contributed by atoms with Crippen LogP contribution in [0.25, 0.3) is 0 Å². The molecule has 0 amide bonds. The monoisotopic (exact) mass is 307 g/mol. The van der Waals surface area contributed by atoms with Crippen molar-refractivity contribution in [2.24, 2.45) is 0 Å². The Bertz CT molecular complexity index is 713. The summed E-state index contributed by atoms with van der Waals surface area (Å²) in [4.78, 5) is 0.220. The van der Waals surface area contributed by atoms with Crippen molar-refractivity contribution in [3.05, 3.63) is 48.5 Å². The van der Waals surface area contributed by atoms with Gasteiger partial charge in [-0.05, 0) is 30.3 Å². The Labute approximate surface area is 124 Å². The van der Waals surface area contributed by atoms with Crippen molar-refractivity contribution in [2.45, 2.75) is 4.90 Å². The molecule has 2 aromatic rings. The van der Waals surface area contributed by atoms with Crippen molar-refractivity contribution in [3.63, 3.8) is 0 Å². The maximum absolute atomic E-state index is 12.2. The van der Waals surface area contributed by atoms with Crippen LogP contribution in [0.4, 0.5) is 5.69 Å². The number of sulfone groups is 1. The second-order valence-electron chi connectivity index (χ2n) is 4.42. The zero-order chi connectivity index (χ0) is 15.3.